The van der Waals surface area contributed by atoms with Gasteiger partial charge in [-0.25, -0.2) is 4.98 Å². The summed E-state index contributed by atoms with van der Waals surface area (Å²) >= 11 is 1.47. The molecule has 0 unspecified atom stereocenters. The maximum atomic E-state index is 9.81. The van der Waals surface area contributed by atoms with Crippen molar-refractivity contribution in [2.45, 2.75) is 20.8 Å². The average molecular weight is 216 g/mol. The highest BCUT2D eigenvalue weighted by atomic mass is 32.1. The van der Waals surface area contributed by atoms with E-state index in [0.29, 0.717) is 5.13 Å². The molecule has 1 heterocycles. The van der Waals surface area contributed by atoms with Gasteiger partial charge in [0.05, 0.1) is 5.69 Å². The lowest BCUT2D eigenvalue weighted by Crippen LogP contribution is -2.03. The first-order valence-corrected chi connectivity index (χ1v) is 4.66. The van der Waals surface area contributed by atoms with Crippen LogP contribution in [0.25, 0.3) is 0 Å². The molecular weight excluding hydrogens is 204 g/mol. The number of esters is 2. The lowest BCUT2D eigenvalue weighted by Gasteiger charge is -1.87. The molecule has 14 heavy (non-hydrogen) atoms. The van der Waals surface area contributed by atoms with Gasteiger partial charge in [-0.2, -0.15) is 0 Å². The molecule has 2 N–H and O–H groups in total. The van der Waals surface area contributed by atoms with E-state index in [1.807, 2.05) is 12.3 Å². The van der Waals surface area contributed by atoms with Crippen LogP contribution in [0.5, 0.6) is 0 Å². The van der Waals surface area contributed by atoms with E-state index >= 15 is 0 Å². The summed E-state index contributed by atoms with van der Waals surface area (Å²) < 4.78 is 3.97. The third-order valence-electron chi connectivity index (χ3n) is 0.924. The van der Waals surface area contributed by atoms with Gasteiger partial charge in [-0.05, 0) is 6.92 Å². The van der Waals surface area contributed by atoms with E-state index in [0.717, 1.165) is 5.69 Å². The van der Waals surface area contributed by atoms with Crippen LogP contribution in [0.4, 0.5) is 5.13 Å². The molecule has 0 aliphatic heterocycles. The van der Waals surface area contributed by atoms with Crippen molar-refractivity contribution in [2.24, 2.45) is 0 Å². The Morgan fingerprint density at radius 3 is 2.00 bits per heavy atom. The van der Waals surface area contributed by atoms with E-state index in [1.165, 1.54) is 25.2 Å². The fourth-order valence-corrected chi connectivity index (χ4v) is 1.12. The number of anilines is 1. The minimum atomic E-state index is -0.562. The van der Waals surface area contributed by atoms with Crippen LogP contribution in [0.3, 0.4) is 0 Å². The molecule has 0 saturated heterocycles. The van der Waals surface area contributed by atoms with Gasteiger partial charge in [0.15, 0.2) is 5.13 Å². The maximum Gasteiger partial charge on any atom is 0.310 e. The summed E-state index contributed by atoms with van der Waals surface area (Å²) in [5.74, 6) is -1.12. The summed E-state index contributed by atoms with van der Waals surface area (Å²) in [6.45, 7) is 4.29. The lowest BCUT2D eigenvalue weighted by atomic mass is 10.6. The van der Waals surface area contributed by atoms with Gasteiger partial charge < -0.3 is 10.5 Å². The number of aryl methyl sites for hydroxylation is 1. The van der Waals surface area contributed by atoms with Crippen molar-refractivity contribution in [3.8, 4) is 0 Å². The van der Waals surface area contributed by atoms with E-state index in [1.54, 1.807) is 0 Å². The predicted molar refractivity (Wildman–Crippen MR) is 53.7 cm³/mol. The zero-order valence-corrected chi connectivity index (χ0v) is 9.05. The number of ether oxygens (including phenoxy) is 1. The minimum absolute atomic E-state index is 0.562. The lowest BCUT2D eigenvalue weighted by molar-refractivity contribution is -0.156. The second kappa shape index (κ2) is 6.09. The van der Waals surface area contributed by atoms with Crippen molar-refractivity contribution in [1.82, 2.24) is 4.98 Å². The number of hydrogen-bond donors (Lipinski definition) is 1. The fourth-order valence-electron chi connectivity index (χ4n) is 0.575. The molecule has 0 aromatic carbocycles. The van der Waals surface area contributed by atoms with Crippen molar-refractivity contribution >= 4 is 28.4 Å². The first kappa shape index (κ1) is 12.6. The Balaban J connectivity index is 0.000000241. The molecule has 0 aliphatic carbocycles. The summed E-state index contributed by atoms with van der Waals surface area (Å²) in [5, 5.41) is 2.58. The van der Waals surface area contributed by atoms with Crippen molar-refractivity contribution in [1.29, 1.82) is 0 Å². The summed E-state index contributed by atoms with van der Waals surface area (Å²) in [6, 6.07) is 0. The molecule has 0 saturated carbocycles. The Bertz CT molecular complexity index is 294. The standard InChI is InChI=1S/C4H6N2S.C4H6O3/c1-3-2-7-4(5)6-3;1-3(5)7-4(2)6/h2H,1H3,(H2,5,6);1-2H3. The summed E-state index contributed by atoms with van der Waals surface area (Å²) in [7, 11) is 0. The molecule has 6 heteroatoms. The largest absolute Gasteiger partial charge is 0.394 e. The first-order valence-electron chi connectivity index (χ1n) is 3.78. The molecule has 1 aromatic heterocycles. The average Bonchev–Trinajstić information content (AvgIpc) is 2.32. The Morgan fingerprint density at radius 1 is 1.43 bits per heavy atom. The van der Waals surface area contributed by atoms with Gasteiger partial charge in [0, 0.05) is 19.2 Å². The highest BCUT2D eigenvalue weighted by Crippen LogP contribution is 2.08. The molecule has 0 amide bonds. The van der Waals surface area contributed by atoms with Gasteiger partial charge in [0.2, 0.25) is 0 Å². The third-order valence-corrected chi connectivity index (χ3v) is 1.72. The zero-order valence-electron chi connectivity index (χ0n) is 8.23. The first-order chi connectivity index (χ1) is 6.41. The van der Waals surface area contributed by atoms with E-state index in [-0.39, 0.29) is 0 Å². The molecular formula is C8H12N2O3S. The van der Waals surface area contributed by atoms with Crippen LogP contribution < -0.4 is 5.73 Å². The number of hydrogen-bond acceptors (Lipinski definition) is 6. The zero-order chi connectivity index (χ0) is 11.1. The minimum Gasteiger partial charge on any atom is -0.394 e. The third kappa shape index (κ3) is 7.23. The molecule has 1 rings (SSSR count). The number of aromatic nitrogens is 1. The number of carbonyl (C=O) groups excluding carboxylic acids is 2. The predicted octanol–water partition coefficient (Wildman–Crippen LogP) is 1.13. The van der Waals surface area contributed by atoms with Crippen LogP contribution in [0.1, 0.15) is 19.5 Å². The van der Waals surface area contributed by atoms with Crippen molar-refractivity contribution in [3.63, 3.8) is 0 Å². The van der Waals surface area contributed by atoms with Crippen LogP contribution in [-0.4, -0.2) is 16.9 Å². The molecule has 0 spiro atoms. The molecule has 78 valence electrons. The van der Waals surface area contributed by atoms with Gasteiger partial charge in [-0.15, -0.1) is 11.3 Å². The van der Waals surface area contributed by atoms with Crippen LogP contribution in [0, 0.1) is 6.92 Å². The quantitative estimate of drug-likeness (QED) is 0.519. The van der Waals surface area contributed by atoms with Gasteiger partial charge in [0.1, 0.15) is 0 Å². The Labute approximate surface area is 85.9 Å². The fraction of sp³-hybridized carbons (Fsp3) is 0.375. The van der Waals surface area contributed by atoms with Gasteiger partial charge in [-0.1, -0.05) is 0 Å². The number of thiazole rings is 1. The topological polar surface area (TPSA) is 82.3 Å². The van der Waals surface area contributed by atoms with Gasteiger partial charge >= 0.3 is 11.9 Å². The Kier molecular flexibility index (Phi) is 5.47. The Morgan fingerprint density at radius 2 is 1.93 bits per heavy atom. The van der Waals surface area contributed by atoms with Crippen LogP contribution in [0.15, 0.2) is 5.38 Å². The molecule has 0 atom stereocenters. The molecule has 0 bridgehead atoms. The number of carbonyl (C=O) groups is 2. The summed E-state index contributed by atoms with van der Waals surface area (Å²) in [5.41, 5.74) is 6.29. The van der Waals surface area contributed by atoms with E-state index in [2.05, 4.69) is 9.72 Å². The molecule has 0 fully saturated rings. The summed E-state index contributed by atoms with van der Waals surface area (Å²) in [4.78, 5) is 23.5. The molecule has 0 aliphatic rings. The highest BCUT2D eigenvalue weighted by Gasteiger charge is 1.93. The number of nitrogen functional groups attached to an aromatic ring is 1. The molecule has 0 radical (unpaired) electrons. The van der Waals surface area contributed by atoms with Crippen molar-refractivity contribution in [2.75, 3.05) is 5.73 Å². The van der Waals surface area contributed by atoms with Gasteiger partial charge in [-0.3, -0.25) is 9.59 Å². The SMILES string of the molecule is CC(=O)OC(C)=O.Cc1csc(N)n1. The monoisotopic (exact) mass is 216 g/mol. The van der Waals surface area contributed by atoms with E-state index in [4.69, 9.17) is 5.73 Å². The molecule has 5 nitrogen and oxygen atoms in total. The van der Waals surface area contributed by atoms with Crippen LogP contribution >= 0.6 is 11.3 Å². The second-order valence-corrected chi connectivity index (χ2v) is 3.30. The smallest absolute Gasteiger partial charge is 0.310 e. The maximum absolute atomic E-state index is 9.81. The number of rotatable bonds is 0. The second-order valence-electron chi connectivity index (χ2n) is 2.41. The van der Waals surface area contributed by atoms with Crippen molar-refractivity contribution < 1.29 is 14.3 Å². The summed E-state index contributed by atoms with van der Waals surface area (Å²) in [6.07, 6.45) is 0. The van der Waals surface area contributed by atoms with Crippen LogP contribution in [0.2, 0.25) is 0 Å². The van der Waals surface area contributed by atoms with Crippen LogP contribution in [-0.2, 0) is 14.3 Å². The number of nitrogens with two attached hydrogens (primary N) is 1. The highest BCUT2D eigenvalue weighted by molar-refractivity contribution is 7.13. The normalized spacial score (nSPS) is 8.50. The Hall–Kier alpha value is -1.43. The van der Waals surface area contributed by atoms with E-state index < -0.39 is 11.9 Å². The molecule has 1 aromatic rings. The number of nitrogens with zero attached hydrogens (tertiary/aromatic N) is 1. The van der Waals surface area contributed by atoms with Gasteiger partial charge in [0.25, 0.3) is 0 Å². The van der Waals surface area contributed by atoms with E-state index in [9.17, 15) is 9.59 Å². The van der Waals surface area contributed by atoms with Crippen molar-refractivity contribution in [3.05, 3.63) is 11.1 Å².